The van der Waals surface area contributed by atoms with Gasteiger partial charge in [-0.15, -0.1) is 0 Å². The highest BCUT2D eigenvalue weighted by Crippen LogP contribution is 2.34. The molecule has 0 saturated heterocycles. The van der Waals surface area contributed by atoms with Gasteiger partial charge in [0.1, 0.15) is 0 Å². The molecule has 0 amide bonds. The Hall–Kier alpha value is -2.05. The molecule has 0 fully saturated rings. The highest BCUT2D eigenvalue weighted by Gasteiger charge is 2.21. The maximum atomic E-state index is 12.6. The predicted molar refractivity (Wildman–Crippen MR) is 91.7 cm³/mol. The predicted octanol–water partition coefficient (Wildman–Crippen LogP) is 3.41. The van der Waals surface area contributed by atoms with Crippen LogP contribution in [0.4, 0.5) is 0 Å². The Bertz CT molecular complexity index is 815. The van der Waals surface area contributed by atoms with E-state index in [-0.39, 0.29) is 17.7 Å². The molecule has 1 heterocycles. The number of hydrogen-bond donors (Lipinski definition) is 1. The zero-order chi connectivity index (χ0) is 17.2. The molecule has 0 saturated carbocycles. The van der Waals surface area contributed by atoms with Crippen molar-refractivity contribution in [3.8, 4) is 11.5 Å². The molecule has 24 heavy (non-hydrogen) atoms. The Balaban J connectivity index is 1.76. The van der Waals surface area contributed by atoms with Crippen molar-refractivity contribution in [3.63, 3.8) is 0 Å². The zero-order valence-corrected chi connectivity index (χ0v) is 14.6. The van der Waals surface area contributed by atoms with Crippen LogP contribution in [0.1, 0.15) is 37.4 Å². The van der Waals surface area contributed by atoms with E-state index in [1.54, 1.807) is 31.2 Å². The van der Waals surface area contributed by atoms with Gasteiger partial charge in [-0.3, -0.25) is 0 Å². The van der Waals surface area contributed by atoms with Gasteiger partial charge < -0.3 is 9.47 Å². The third-order valence-electron chi connectivity index (χ3n) is 4.00. The minimum Gasteiger partial charge on any atom is -0.454 e. The van der Waals surface area contributed by atoms with Crippen molar-refractivity contribution in [2.75, 3.05) is 6.79 Å². The standard InChI is InChI=1S/C18H21NO4S/c1-3-4-14-5-8-16(9-6-14)24(20,21)19-13(2)15-7-10-17-18(11-15)23-12-22-17/h5-11,13,19H,3-4,12H2,1-2H3/t13-/m1/s1. The van der Waals surface area contributed by atoms with Gasteiger partial charge in [0.2, 0.25) is 16.8 Å². The molecule has 3 rings (SSSR count). The third kappa shape index (κ3) is 3.55. The smallest absolute Gasteiger partial charge is 0.241 e. The molecule has 1 aliphatic rings. The van der Waals surface area contributed by atoms with Crippen LogP contribution in [0.5, 0.6) is 11.5 Å². The minimum atomic E-state index is -3.58. The lowest BCUT2D eigenvalue weighted by Gasteiger charge is -2.15. The Labute approximate surface area is 142 Å². The van der Waals surface area contributed by atoms with Gasteiger partial charge in [-0.25, -0.2) is 13.1 Å². The molecular weight excluding hydrogens is 326 g/mol. The number of nitrogens with one attached hydrogen (secondary N) is 1. The second kappa shape index (κ2) is 6.83. The summed E-state index contributed by atoms with van der Waals surface area (Å²) in [5.41, 5.74) is 1.96. The summed E-state index contributed by atoms with van der Waals surface area (Å²) < 4.78 is 38.4. The summed E-state index contributed by atoms with van der Waals surface area (Å²) in [6.45, 7) is 4.10. The Kier molecular flexibility index (Phi) is 4.78. The number of hydrogen-bond acceptors (Lipinski definition) is 4. The quantitative estimate of drug-likeness (QED) is 0.870. The Morgan fingerprint density at radius 1 is 1.08 bits per heavy atom. The molecule has 128 valence electrons. The molecule has 2 aromatic carbocycles. The average molecular weight is 347 g/mol. The van der Waals surface area contributed by atoms with Gasteiger partial charge in [-0.2, -0.15) is 0 Å². The Morgan fingerprint density at radius 3 is 2.50 bits per heavy atom. The molecular formula is C18H21NO4S. The van der Waals surface area contributed by atoms with Crippen LogP contribution >= 0.6 is 0 Å². The first-order chi connectivity index (χ1) is 11.5. The third-order valence-corrected chi connectivity index (χ3v) is 5.56. The van der Waals surface area contributed by atoms with Gasteiger partial charge >= 0.3 is 0 Å². The number of aryl methyl sites for hydroxylation is 1. The van der Waals surface area contributed by atoms with Gasteiger partial charge in [0.15, 0.2) is 11.5 Å². The van der Waals surface area contributed by atoms with Crippen molar-refractivity contribution in [2.24, 2.45) is 0 Å². The lowest BCUT2D eigenvalue weighted by molar-refractivity contribution is 0.174. The molecule has 6 heteroatoms. The minimum absolute atomic E-state index is 0.197. The van der Waals surface area contributed by atoms with E-state index in [0.29, 0.717) is 11.5 Å². The number of ether oxygens (including phenoxy) is 2. The monoisotopic (exact) mass is 347 g/mol. The fourth-order valence-corrected chi connectivity index (χ4v) is 3.91. The van der Waals surface area contributed by atoms with E-state index in [9.17, 15) is 8.42 Å². The van der Waals surface area contributed by atoms with Crippen LogP contribution < -0.4 is 14.2 Å². The maximum absolute atomic E-state index is 12.6. The Morgan fingerprint density at radius 2 is 1.79 bits per heavy atom. The fourth-order valence-electron chi connectivity index (χ4n) is 2.68. The summed E-state index contributed by atoms with van der Waals surface area (Å²) in [5, 5.41) is 0. The van der Waals surface area contributed by atoms with Crippen LogP contribution in [-0.4, -0.2) is 15.2 Å². The van der Waals surface area contributed by atoms with Crippen molar-refractivity contribution in [2.45, 2.75) is 37.6 Å². The van der Waals surface area contributed by atoms with Gasteiger partial charge in [0.05, 0.1) is 4.90 Å². The van der Waals surface area contributed by atoms with Crippen molar-refractivity contribution < 1.29 is 17.9 Å². The lowest BCUT2D eigenvalue weighted by Crippen LogP contribution is -2.26. The fraction of sp³-hybridized carbons (Fsp3) is 0.333. The van der Waals surface area contributed by atoms with Crippen LogP contribution in [0.25, 0.3) is 0 Å². The van der Waals surface area contributed by atoms with Crippen LogP contribution in [-0.2, 0) is 16.4 Å². The molecule has 0 unspecified atom stereocenters. The van der Waals surface area contributed by atoms with E-state index >= 15 is 0 Å². The van der Waals surface area contributed by atoms with E-state index in [4.69, 9.17) is 9.47 Å². The molecule has 0 spiro atoms. The van der Waals surface area contributed by atoms with Gasteiger partial charge in [-0.1, -0.05) is 31.5 Å². The SMILES string of the molecule is CCCc1ccc(S(=O)(=O)N[C@H](C)c2ccc3c(c2)OCO3)cc1. The highest BCUT2D eigenvalue weighted by molar-refractivity contribution is 7.89. The highest BCUT2D eigenvalue weighted by atomic mass is 32.2. The molecule has 0 radical (unpaired) electrons. The van der Waals surface area contributed by atoms with E-state index in [1.807, 2.05) is 18.2 Å². The molecule has 5 nitrogen and oxygen atoms in total. The first-order valence-electron chi connectivity index (χ1n) is 8.00. The van der Waals surface area contributed by atoms with E-state index < -0.39 is 10.0 Å². The van der Waals surface area contributed by atoms with Crippen molar-refractivity contribution in [1.29, 1.82) is 0 Å². The number of sulfonamides is 1. The zero-order valence-electron chi connectivity index (χ0n) is 13.8. The number of benzene rings is 2. The molecule has 0 aliphatic carbocycles. The molecule has 2 aromatic rings. The largest absolute Gasteiger partial charge is 0.454 e. The second-order valence-corrected chi connectivity index (χ2v) is 7.56. The number of rotatable bonds is 6. The molecule has 0 aromatic heterocycles. The summed E-state index contributed by atoms with van der Waals surface area (Å²) in [5.74, 6) is 1.32. The van der Waals surface area contributed by atoms with E-state index in [1.165, 1.54) is 0 Å². The summed E-state index contributed by atoms with van der Waals surface area (Å²) in [4.78, 5) is 0.273. The summed E-state index contributed by atoms with van der Waals surface area (Å²) in [7, 11) is -3.58. The van der Waals surface area contributed by atoms with Crippen molar-refractivity contribution >= 4 is 10.0 Å². The normalized spacial score (nSPS) is 14.6. The number of fused-ring (bicyclic) bond motifs is 1. The van der Waals surface area contributed by atoms with Crippen LogP contribution in [0, 0.1) is 0 Å². The molecule has 1 atom stereocenters. The molecule has 0 bridgehead atoms. The van der Waals surface area contributed by atoms with Crippen molar-refractivity contribution in [3.05, 3.63) is 53.6 Å². The van der Waals surface area contributed by atoms with Crippen LogP contribution in [0.3, 0.4) is 0 Å². The topological polar surface area (TPSA) is 64.6 Å². The maximum Gasteiger partial charge on any atom is 0.241 e. The average Bonchev–Trinajstić information content (AvgIpc) is 3.03. The van der Waals surface area contributed by atoms with Gasteiger partial charge in [0, 0.05) is 6.04 Å². The first-order valence-corrected chi connectivity index (χ1v) is 9.49. The second-order valence-electron chi connectivity index (χ2n) is 5.85. The molecule has 1 N–H and O–H groups in total. The summed E-state index contributed by atoms with van der Waals surface area (Å²) in [6.07, 6.45) is 1.98. The van der Waals surface area contributed by atoms with Gasteiger partial charge in [0.25, 0.3) is 0 Å². The summed E-state index contributed by atoms with van der Waals surface area (Å²) >= 11 is 0. The lowest BCUT2D eigenvalue weighted by atomic mass is 10.1. The molecule has 1 aliphatic heterocycles. The first kappa shape index (κ1) is 16.8. The van der Waals surface area contributed by atoms with E-state index in [2.05, 4.69) is 11.6 Å². The summed E-state index contributed by atoms with van der Waals surface area (Å²) in [6, 6.07) is 12.1. The van der Waals surface area contributed by atoms with Crippen molar-refractivity contribution in [1.82, 2.24) is 4.72 Å². The van der Waals surface area contributed by atoms with E-state index in [0.717, 1.165) is 24.0 Å². The van der Waals surface area contributed by atoms with Crippen LogP contribution in [0.2, 0.25) is 0 Å². The van der Waals surface area contributed by atoms with Gasteiger partial charge in [-0.05, 0) is 48.7 Å². The van der Waals surface area contributed by atoms with Crippen LogP contribution in [0.15, 0.2) is 47.4 Å².